The Labute approximate surface area is 239 Å². The summed E-state index contributed by atoms with van der Waals surface area (Å²) in [5.41, 5.74) is 5.80. The van der Waals surface area contributed by atoms with E-state index in [1.54, 1.807) is 36.4 Å². The Hall–Kier alpha value is -4.95. The fraction of sp³-hybridized carbons (Fsp3) is 0.0938. The van der Waals surface area contributed by atoms with E-state index < -0.39 is 11.8 Å². The average molecular weight is 567 g/mol. The monoisotopic (exact) mass is 566 g/mol. The lowest BCUT2D eigenvalue weighted by molar-refractivity contribution is 0.0697. The normalized spacial score (nSPS) is 11.2. The largest absolute Gasteiger partial charge is 0.478 e. The summed E-state index contributed by atoms with van der Waals surface area (Å²) >= 11 is 5.83. The molecule has 3 heterocycles. The van der Waals surface area contributed by atoms with Gasteiger partial charge in [-0.3, -0.25) is 0 Å². The van der Waals surface area contributed by atoms with E-state index in [0.717, 1.165) is 39.4 Å². The van der Waals surface area contributed by atoms with Crippen molar-refractivity contribution < 1.29 is 19.0 Å². The first kappa shape index (κ1) is 26.3. The van der Waals surface area contributed by atoms with E-state index in [4.69, 9.17) is 21.3 Å². The fourth-order valence-corrected chi connectivity index (χ4v) is 4.83. The summed E-state index contributed by atoms with van der Waals surface area (Å²) in [6.45, 7) is 0.576. The third kappa shape index (κ3) is 5.83. The average Bonchev–Trinajstić information content (AvgIpc) is 3.61. The highest BCUT2D eigenvalue weighted by Gasteiger charge is 2.15. The van der Waals surface area contributed by atoms with Crippen LogP contribution in [0.5, 0.6) is 5.88 Å². The summed E-state index contributed by atoms with van der Waals surface area (Å²) in [7, 11) is 0. The smallest absolute Gasteiger partial charge is 0.335 e. The summed E-state index contributed by atoms with van der Waals surface area (Å²) < 4.78 is 21.9. The number of carboxylic acid groups (broad SMARTS) is 1. The first-order valence-corrected chi connectivity index (χ1v) is 13.3. The van der Waals surface area contributed by atoms with Crippen LogP contribution in [0.25, 0.3) is 22.3 Å². The van der Waals surface area contributed by atoms with Gasteiger partial charge >= 0.3 is 5.97 Å². The van der Waals surface area contributed by atoms with Crippen molar-refractivity contribution in [1.82, 2.24) is 19.5 Å². The van der Waals surface area contributed by atoms with Gasteiger partial charge in [-0.1, -0.05) is 48.0 Å². The molecule has 3 aromatic carbocycles. The van der Waals surface area contributed by atoms with Gasteiger partial charge in [-0.2, -0.15) is 0 Å². The van der Waals surface area contributed by atoms with Crippen molar-refractivity contribution in [3.05, 3.63) is 136 Å². The molecule has 0 amide bonds. The van der Waals surface area contributed by atoms with Crippen molar-refractivity contribution in [3.63, 3.8) is 0 Å². The highest BCUT2D eigenvalue weighted by atomic mass is 35.5. The van der Waals surface area contributed by atoms with Crippen molar-refractivity contribution in [3.8, 4) is 17.1 Å². The number of carboxylic acids is 1. The van der Waals surface area contributed by atoms with Crippen LogP contribution in [0.15, 0.2) is 97.2 Å². The second kappa shape index (κ2) is 11.3. The number of pyridine rings is 1. The summed E-state index contributed by atoms with van der Waals surface area (Å²) in [6.07, 6.45) is 2.42. The van der Waals surface area contributed by atoms with E-state index in [9.17, 15) is 14.3 Å². The number of hydrogen-bond acceptors (Lipinski definition) is 4. The lowest BCUT2D eigenvalue weighted by Crippen LogP contribution is -2.07. The third-order valence-corrected chi connectivity index (χ3v) is 7.03. The van der Waals surface area contributed by atoms with E-state index >= 15 is 0 Å². The maximum atomic E-state index is 14.1. The minimum absolute atomic E-state index is 0.0375. The number of benzene rings is 3. The van der Waals surface area contributed by atoms with Gasteiger partial charge in [-0.15, -0.1) is 0 Å². The van der Waals surface area contributed by atoms with Crippen molar-refractivity contribution in [2.45, 2.75) is 19.6 Å². The molecule has 6 rings (SSSR count). The number of nitrogens with zero attached hydrogens (tertiary/aromatic N) is 3. The topological polar surface area (TPSA) is 93.0 Å². The fourth-order valence-electron chi connectivity index (χ4n) is 4.68. The molecule has 0 spiro atoms. The number of nitrogens with one attached hydrogen (secondary N) is 1. The number of halogens is 2. The Morgan fingerprint density at radius 1 is 0.976 bits per heavy atom. The molecule has 0 bridgehead atoms. The molecule has 0 unspecified atom stereocenters. The number of aromatic nitrogens is 4. The zero-order valence-electron chi connectivity index (χ0n) is 21.7. The van der Waals surface area contributed by atoms with Crippen molar-refractivity contribution >= 4 is 28.6 Å². The Morgan fingerprint density at radius 2 is 1.83 bits per heavy atom. The molecule has 0 atom stereocenters. The Balaban J connectivity index is 1.22. The summed E-state index contributed by atoms with van der Waals surface area (Å²) in [4.78, 5) is 24.2. The minimum Gasteiger partial charge on any atom is -0.478 e. The van der Waals surface area contributed by atoms with Gasteiger partial charge in [0.05, 0.1) is 28.8 Å². The molecule has 0 fully saturated rings. The van der Waals surface area contributed by atoms with Gasteiger partial charge in [-0.05, 0) is 54.1 Å². The molecule has 6 aromatic rings. The second-order valence-corrected chi connectivity index (χ2v) is 10.0. The van der Waals surface area contributed by atoms with Gasteiger partial charge < -0.3 is 19.4 Å². The van der Waals surface area contributed by atoms with Gasteiger partial charge in [0.2, 0.25) is 5.88 Å². The minimum atomic E-state index is -0.975. The van der Waals surface area contributed by atoms with Crippen molar-refractivity contribution in [1.29, 1.82) is 0 Å². The van der Waals surface area contributed by atoms with Crippen LogP contribution < -0.4 is 4.74 Å². The maximum Gasteiger partial charge on any atom is 0.335 e. The number of imidazole rings is 1. The molecule has 0 saturated heterocycles. The Kier molecular flexibility index (Phi) is 7.22. The van der Waals surface area contributed by atoms with Gasteiger partial charge in [0.1, 0.15) is 18.2 Å². The van der Waals surface area contributed by atoms with Crippen LogP contribution in [0.1, 0.15) is 33.0 Å². The number of aromatic amines is 1. The molecule has 0 radical (unpaired) electrons. The molecule has 0 saturated carbocycles. The number of H-pyrrole nitrogens is 1. The van der Waals surface area contributed by atoms with Gasteiger partial charge in [0, 0.05) is 40.5 Å². The molecule has 2 N–H and O–H groups in total. The number of aromatic carboxylic acids is 1. The summed E-state index contributed by atoms with van der Waals surface area (Å²) in [5.74, 6) is -0.183. The molecule has 0 aliphatic carbocycles. The van der Waals surface area contributed by atoms with E-state index in [2.05, 4.69) is 9.97 Å². The van der Waals surface area contributed by atoms with Crippen LogP contribution in [-0.4, -0.2) is 30.6 Å². The molecule has 3 aromatic heterocycles. The number of carbonyl (C=O) groups is 1. The van der Waals surface area contributed by atoms with Crippen LogP contribution in [0.2, 0.25) is 5.02 Å². The number of fused-ring (bicyclic) bond motifs is 1. The van der Waals surface area contributed by atoms with Crippen molar-refractivity contribution in [2.75, 3.05) is 0 Å². The highest BCUT2D eigenvalue weighted by molar-refractivity contribution is 6.30. The SMILES string of the molecule is O=C(O)c1ccc2nc(Cc3ccc(-c4cccc(OCc5ccc(Cl)cc5F)n4)cc3)n(Cc3ccc[nH]3)c2c1. The van der Waals surface area contributed by atoms with Crippen LogP contribution in [0.3, 0.4) is 0 Å². The lowest BCUT2D eigenvalue weighted by Gasteiger charge is -2.10. The zero-order chi connectivity index (χ0) is 28.3. The maximum absolute atomic E-state index is 14.1. The van der Waals surface area contributed by atoms with E-state index in [-0.39, 0.29) is 12.2 Å². The zero-order valence-corrected chi connectivity index (χ0v) is 22.5. The quantitative estimate of drug-likeness (QED) is 0.194. The molecule has 204 valence electrons. The van der Waals surface area contributed by atoms with E-state index in [1.807, 2.05) is 59.3 Å². The number of hydrogen-bond donors (Lipinski definition) is 2. The van der Waals surface area contributed by atoms with Crippen LogP contribution in [-0.2, 0) is 19.6 Å². The molecule has 9 heteroatoms. The standard InChI is InChI=1S/C32H24ClFN4O3/c33-24-12-10-23(26(34)17-24)19-41-31-5-1-4-27(37-31)21-8-6-20(7-9-21)15-30-36-28-13-11-22(32(39)40)16-29(28)38(30)18-25-3-2-14-35-25/h1-14,16-17,35H,15,18-19H2,(H,39,40). The summed E-state index contributed by atoms with van der Waals surface area (Å²) in [5, 5.41) is 9.84. The highest BCUT2D eigenvalue weighted by Crippen LogP contribution is 2.25. The predicted octanol–water partition coefficient (Wildman–Crippen LogP) is 7.14. The van der Waals surface area contributed by atoms with E-state index in [0.29, 0.717) is 29.4 Å². The molecule has 7 nitrogen and oxygen atoms in total. The molecule has 0 aliphatic heterocycles. The van der Waals surface area contributed by atoms with Gasteiger partial charge in [0.25, 0.3) is 0 Å². The van der Waals surface area contributed by atoms with Crippen molar-refractivity contribution in [2.24, 2.45) is 0 Å². The van der Waals surface area contributed by atoms with Gasteiger partial charge in [0.15, 0.2) is 0 Å². The van der Waals surface area contributed by atoms with Crippen LogP contribution in [0.4, 0.5) is 4.39 Å². The summed E-state index contributed by atoms with van der Waals surface area (Å²) in [6, 6.07) is 26.9. The molecular formula is C32H24ClFN4O3. The first-order valence-electron chi connectivity index (χ1n) is 12.9. The Bertz CT molecular complexity index is 1850. The molecule has 41 heavy (non-hydrogen) atoms. The number of rotatable bonds is 9. The van der Waals surface area contributed by atoms with Crippen LogP contribution >= 0.6 is 11.6 Å². The first-order chi connectivity index (χ1) is 19.9. The van der Waals surface area contributed by atoms with Gasteiger partial charge in [-0.25, -0.2) is 19.2 Å². The Morgan fingerprint density at radius 3 is 2.59 bits per heavy atom. The second-order valence-electron chi connectivity index (χ2n) is 9.58. The number of ether oxygens (including phenoxy) is 1. The van der Waals surface area contributed by atoms with E-state index in [1.165, 1.54) is 6.07 Å². The molecular weight excluding hydrogens is 543 g/mol. The van der Waals surface area contributed by atoms with Crippen LogP contribution in [0, 0.1) is 5.82 Å². The predicted molar refractivity (Wildman–Crippen MR) is 155 cm³/mol. The third-order valence-electron chi connectivity index (χ3n) is 6.79. The molecule has 0 aliphatic rings. The lowest BCUT2D eigenvalue weighted by atomic mass is 10.1.